The van der Waals surface area contributed by atoms with Gasteiger partial charge in [0.15, 0.2) is 0 Å². The number of hydrogen-bond donors (Lipinski definition) is 2. The van der Waals surface area contributed by atoms with Crippen molar-refractivity contribution in [3.63, 3.8) is 0 Å². The number of benzene rings is 1. The Bertz CT molecular complexity index is 361. The standard InChI is InChI=1S/C14H16N2/c1-3-8-15-11-13-6-5-7-14(10-13)12-16-9-4-2/h1-2,5-7,10,15-16H,8-9,11-12H2. The molecule has 0 aliphatic carbocycles. The molecule has 0 unspecified atom stereocenters. The van der Waals surface area contributed by atoms with Crippen molar-refractivity contribution in [2.24, 2.45) is 0 Å². The van der Waals surface area contributed by atoms with E-state index < -0.39 is 0 Å². The Kier molecular flexibility index (Phi) is 5.81. The minimum Gasteiger partial charge on any atom is -0.302 e. The van der Waals surface area contributed by atoms with Crippen LogP contribution in [0.2, 0.25) is 0 Å². The summed E-state index contributed by atoms with van der Waals surface area (Å²) >= 11 is 0. The van der Waals surface area contributed by atoms with Crippen LogP contribution in [0, 0.1) is 24.7 Å². The Morgan fingerprint density at radius 1 is 0.938 bits per heavy atom. The van der Waals surface area contributed by atoms with Gasteiger partial charge in [-0.15, -0.1) is 12.8 Å². The van der Waals surface area contributed by atoms with Crippen molar-refractivity contribution in [3.05, 3.63) is 35.4 Å². The molecule has 0 heterocycles. The van der Waals surface area contributed by atoms with Gasteiger partial charge in [0.05, 0.1) is 13.1 Å². The fourth-order valence-electron chi connectivity index (χ4n) is 1.41. The first-order valence-corrected chi connectivity index (χ1v) is 5.23. The molecule has 0 atom stereocenters. The van der Waals surface area contributed by atoms with Crippen molar-refractivity contribution in [2.45, 2.75) is 13.1 Å². The highest BCUT2D eigenvalue weighted by Crippen LogP contribution is 2.04. The summed E-state index contributed by atoms with van der Waals surface area (Å²) in [6, 6.07) is 8.34. The summed E-state index contributed by atoms with van der Waals surface area (Å²) in [5.41, 5.74) is 2.46. The maximum Gasteiger partial charge on any atom is 0.0576 e. The van der Waals surface area contributed by atoms with Crippen LogP contribution in [0.3, 0.4) is 0 Å². The molecule has 16 heavy (non-hydrogen) atoms. The molecular weight excluding hydrogens is 196 g/mol. The molecule has 1 rings (SSSR count). The van der Waals surface area contributed by atoms with Crippen molar-refractivity contribution in [1.29, 1.82) is 0 Å². The average molecular weight is 212 g/mol. The van der Waals surface area contributed by atoms with Crippen LogP contribution < -0.4 is 10.6 Å². The highest BCUT2D eigenvalue weighted by Gasteiger charge is 1.95. The third-order valence-electron chi connectivity index (χ3n) is 2.10. The van der Waals surface area contributed by atoms with Crippen LogP contribution in [-0.2, 0) is 13.1 Å². The van der Waals surface area contributed by atoms with Gasteiger partial charge in [-0.25, -0.2) is 0 Å². The van der Waals surface area contributed by atoms with Gasteiger partial charge in [0.2, 0.25) is 0 Å². The lowest BCUT2D eigenvalue weighted by molar-refractivity contribution is 0.753. The van der Waals surface area contributed by atoms with Crippen LogP contribution in [0.15, 0.2) is 24.3 Å². The minimum absolute atomic E-state index is 0.597. The Morgan fingerprint density at radius 2 is 1.44 bits per heavy atom. The Balaban J connectivity index is 2.45. The zero-order valence-corrected chi connectivity index (χ0v) is 9.29. The molecule has 2 heteroatoms. The Morgan fingerprint density at radius 3 is 1.88 bits per heavy atom. The summed E-state index contributed by atoms with van der Waals surface area (Å²) in [4.78, 5) is 0. The number of rotatable bonds is 6. The SMILES string of the molecule is C#CCNCc1cccc(CNCC#C)c1. The molecule has 0 amide bonds. The molecule has 2 N–H and O–H groups in total. The number of terminal acetylenes is 2. The van der Waals surface area contributed by atoms with E-state index in [-0.39, 0.29) is 0 Å². The van der Waals surface area contributed by atoms with Gasteiger partial charge in [0, 0.05) is 13.1 Å². The van der Waals surface area contributed by atoms with E-state index in [0.29, 0.717) is 13.1 Å². The highest BCUT2D eigenvalue weighted by atomic mass is 14.8. The van der Waals surface area contributed by atoms with E-state index in [2.05, 4.69) is 40.7 Å². The smallest absolute Gasteiger partial charge is 0.0576 e. The Labute approximate surface area is 97.4 Å². The molecule has 1 aromatic rings. The lowest BCUT2D eigenvalue weighted by atomic mass is 10.1. The van der Waals surface area contributed by atoms with E-state index >= 15 is 0 Å². The number of nitrogens with one attached hydrogen (secondary N) is 2. The fraction of sp³-hybridized carbons (Fsp3) is 0.286. The average Bonchev–Trinajstić information content (AvgIpc) is 2.30. The molecule has 0 aliphatic heterocycles. The van der Waals surface area contributed by atoms with Gasteiger partial charge in [0.1, 0.15) is 0 Å². The molecule has 0 aliphatic rings. The summed E-state index contributed by atoms with van der Waals surface area (Å²) < 4.78 is 0. The first-order valence-electron chi connectivity index (χ1n) is 5.23. The van der Waals surface area contributed by atoms with Crippen LogP contribution >= 0.6 is 0 Å². The maximum absolute atomic E-state index is 5.16. The fourth-order valence-corrected chi connectivity index (χ4v) is 1.41. The lowest BCUT2D eigenvalue weighted by Gasteiger charge is -2.05. The predicted octanol–water partition coefficient (Wildman–Crippen LogP) is 1.13. The molecule has 1 aromatic carbocycles. The summed E-state index contributed by atoms with van der Waals surface area (Å²) in [7, 11) is 0. The van der Waals surface area contributed by atoms with Gasteiger partial charge in [-0.05, 0) is 11.1 Å². The molecule has 82 valence electrons. The lowest BCUT2D eigenvalue weighted by Crippen LogP contribution is -2.15. The van der Waals surface area contributed by atoms with E-state index in [1.807, 2.05) is 6.07 Å². The number of hydrogen-bond acceptors (Lipinski definition) is 2. The monoisotopic (exact) mass is 212 g/mol. The van der Waals surface area contributed by atoms with Gasteiger partial charge in [-0.1, -0.05) is 36.1 Å². The molecule has 0 fully saturated rings. The summed E-state index contributed by atoms with van der Waals surface area (Å²) in [6.45, 7) is 2.79. The van der Waals surface area contributed by atoms with Crippen LogP contribution in [0.1, 0.15) is 11.1 Å². The van der Waals surface area contributed by atoms with Crippen molar-refractivity contribution in [2.75, 3.05) is 13.1 Å². The van der Waals surface area contributed by atoms with Crippen LogP contribution in [-0.4, -0.2) is 13.1 Å². The van der Waals surface area contributed by atoms with Crippen molar-refractivity contribution >= 4 is 0 Å². The van der Waals surface area contributed by atoms with E-state index in [1.54, 1.807) is 0 Å². The van der Waals surface area contributed by atoms with Gasteiger partial charge in [-0.2, -0.15) is 0 Å². The summed E-state index contributed by atoms with van der Waals surface area (Å²) in [5.74, 6) is 5.10. The third-order valence-corrected chi connectivity index (χ3v) is 2.10. The molecule has 0 radical (unpaired) electrons. The zero-order valence-electron chi connectivity index (χ0n) is 9.29. The van der Waals surface area contributed by atoms with E-state index in [4.69, 9.17) is 12.8 Å². The van der Waals surface area contributed by atoms with E-state index in [0.717, 1.165) is 13.1 Å². The van der Waals surface area contributed by atoms with Crippen molar-refractivity contribution < 1.29 is 0 Å². The first kappa shape index (κ1) is 12.3. The van der Waals surface area contributed by atoms with Crippen LogP contribution in [0.5, 0.6) is 0 Å². The summed E-state index contributed by atoms with van der Waals surface area (Å²) in [5, 5.41) is 6.31. The molecule has 2 nitrogen and oxygen atoms in total. The highest BCUT2D eigenvalue weighted by molar-refractivity contribution is 5.23. The van der Waals surface area contributed by atoms with Gasteiger partial charge < -0.3 is 10.6 Å². The first-order chi connectivity index (χ1) is 7.86. The van der Waals surface area contributed by atoms with E-state index in [1.165, 1.54) is 11.1 Å². The predicted molar refractivity (Wildman–Crippen MR) is 67.5 cm³/mol. The molecular formula is C14H16N2. The minimum atomic E-state index is 0.597. The quantitative estimate of drug-likeness (QED) is 0.545. The normalized spacial score (nSPS) is 9.38. The zero-order chi connectivity index (χ0) is 11.6. The van der Waals surface area contributed by atoms with Gasteiger partial charge in [0.25, 0.3) is 0 Å². The van der Waals surface area contributed by atoms with Gasteiger partial charge in [-0.3, -0.25) is 0 Å². The largest absolute Gasteiger partial charge is 0.302 e. The van der Waals surface area contributed by atoms with Crippen molar-refractivity contribution in [3.8, 4) is 24.7 Å². The second-order valence-electron chi connectivity index (χ2n) is 3.44. The third kappa shape index (κ3) is 4.66. The second-order valence-corrected chi connectivity index (χ2v) is 3.44. The second kappa shape index (κ2) is 7.54. The Hall–Kier alpha value is -1.74. The van der Waals surface area contributed by atoms with Crippen LogP contribution in [0.25, 0.3) is 0 Å². The molecule has 0 aromatic heterocycles. The molecule has 0 spiro atoms. The van der Waals surface area contributed by atoms with Gasteiger partial charge >= 0.3 is 0 Å². The van der Waals surface area contributed by atoms with Crippen molar-refractivity contribution in [1.82, 2.24) is 10.6 Å². The molecule has 0 saturated heterocycles. The topological polar surface area (TPSA) is 24.1 Å². The maximum atomic E-state index is 5.16. The van der Waals surface area contributed by atoms with Crippen LogP contribution in [0.4, 0.5) is 0 Å². The molecule has 0 saturated carbocycles. The van der Waals surface area contributed by atoms with E-state index in [9.17, 15) is 0 Å². The molecule has 0 bridgehead atoms. The summed E-state index contributed by atoms with van der Waals surface area (Å²) in [6.07, 6.45) is 10.3.